The predicted molar refractivity (Wildman–Crippen MR) is 103 cm³/mol. The highest BCUT2D eigenvalue weighted by Gasteiger charge is 2.30. The van der Waals surface area contributed by atoms with Crippen molar-refractivity contribution < 1.29 is 27.5 Å². The van der Waals surface area contributed by atoms with Crippen molar-refractivity contribution in [1.82, 2.24) is 0 Å². The number of hydrogen-bond donors (Lipinski definition) is 0. The Morgan fingerprint density at radius 2 is 1.81 bits per heavy atom. The maximum absolute atomic E-state index is 13.1. The third-order valence-corrected chi connectivity index (χ3v) is 6.74. The third-order valence-electron chi connectivity index (χ3n) is 3.61. The Balaban J connectivity index is 2.55. The fraction of sp³-hybridized carbons (Fsp3) is 0.333. The number of sulfonamides is 1. The van der Waals surface area contributed by atoms with Crippen LogP contribution < -0.4 is 4.31 Å². The quantitative estimate of drug-likeness (QED) is 0.621. The average molecular weight is 412 g/mol. The van der Waals surface area contributed by atoms with Gasteiger partial charge in [0, 0.05) is 0 Å². The van der Waals surface area contributed by atoms with Crippen molar-refractivity contribution in [2.24, 2.45) is 0 Å². The molecule has 0 unspecified atom stereocenters. The second-order valence-electron chi connectivity index (χ2n) is 5.47. The molecule has 0 atom stereocenters. The normalized spacial score (nSPS) is 11.1. The minimum absolute atomic E-state index is 0.0905. The summed E-state index contributed by atoms with van der Waals surface area (Å²) in [6.45, 7) is 4.85. The minimum atomic E-state index is -4.00. The van der Waals surface area contributed by atoms with Gasteiger partial charge in [0.05, 0.1) is 24.5 Å². The molecule has 1 aromatic heterocycles. The van der Waals surface area contributed by atoms with E-state index >= 15 is 0 Å². The van der Waals surface area contributed by atoms with E-state index in [-0.39, 0.29) is 28.7 Å². The number of nitrogens with zero attached hydrogens (tertiary/aromatic N) is 1. The number of ether oxygens (including phenoxy) is 2. The molecule has 0 aliphatic carbocycles. The summed E-state index contributed by atoms with van der Waals surface area (Å²) in [7, 11) is -4.00. The van der Waals surface area contributed by atoms with Crippen molar-refractivity contribution in [2.45, 2.75) is 25.0 Å². The van der Waals surface area contributed by atoms with Gasteiger partial charge in [0.1, 0.15) is 10.8 Å². The van der Waals surface area contributed by atoms with Crippen LogP contribution in [0.15, 0.2) is 39.9 Å². The summed E-state index contributed by atoms with van der Waals surface area (Å²) in [4.78, 5) is 24.1. The summed E-state index contributed by atoms with van der Waals surface area (Å²) in [5.41, 5.74) is 1.02. The summed E-state index contributed by atoms with van der Waals surface area (Å²) >= 11 is 1.04. The average Bonchev–Trinajstić information content (AvgIpc) is 3.16. The van der Waals surface area contributed by atoms with Crippen molar-refractivity contribution >= 4 is 39.0 Å². The van der Waals surface area contributed by atoms with Crippen LogP contribution in [0.25, 0.3) is 0 Å². The van der Waals surface area contributed by atoms with Gasteiger partial charge in [0.15, 0.2) is 0 Å². The van der Waals surface area contributed by atoms with Gasteiger partial charge in [-0.25, -0.2) is 13.2 Å². The van der Waals surface area contributed by atoms with E-state index in [9.17, 15) is 18.0 Å². The van der Waals surface area contributed by atoms with Gasteiger partial charge in [-0.15, -0.1) is 11.3 Å². The van der Waals surface area contributed by atoms with Gasteiger partial charge in [-0.3, -0.25) is 9.10 Å². The van der Waals surface area contributed by atoms with Crippen molar-refractivity contribution in [3.8, 4) is 0 Å². The van der Waals surface area contributed by atoms with E-state index in [1.165, 1.54) is 12.1 Å². The van der Waals surface area contributed by atoms with E-state index in [0.29, 0.717) is 5.56 Å². The van der Waals surface area contributed by atoms with Gasteiger partial charge in [0.25, 0.3) is 10.0 Å². The van der Waals surface area contributed by atoms with Crippen LogP contribution in [-0.2, 0) is 24.3 Å². The molecule has 0 spiro atoms. The van der Waals surface area contributed by atoms with Gasteiger partial charge in [0.2, 0.25) is 0 Å². The lowest BCUT2D eigenvalue weighted by atomic mass is 10.1. The molecule has 1 heterocycles. The smallest absolute Gasteiger partial charge is 0.338 e. The van der Waals surface area contributed by atoms with Gasteiger partial charge < -0.3 is 9.47 Å². The SMILES string of the molecule is CCOC(=O)CN(c1cc(C(=O)OCC)ccc1C)S(=O)(=O)c1cccs1. The fourth-order valence-electron chi connectivity index (χ4n) is 2.36. The molecule has 1 aromatic carbocycles. The molecular formula is C18H21NO6S2. The second kappa shape index (κ2) is 9.01. The van der Waals surface area contributed by atoms with Crippen LogP contribution in [-0.4, -0.2) is 40.1 Å². The number of thiophene rings is 1. The Hall–Kier alpha value is -2.39. The number of hydrogen-bond acceptors (Lipinski definition) is 7. The van der Waals surface area contributed by atoms with Crippen molar-refractivity contribution in [3.63, 3.8) is 0 Å². The van der Waals surface area contributed by atoms with E-state index < -0.39 is 28.5 Å². The lowest BCUT2D eigenvalue weighted by molar-refractivity contribution is -0.141. The molecule has 0 saturated heterocycles. The van der Waals surface area contributed by atoms with Crippen LogP contribution in [0.1, 0.15) is 29.8 Å². The first-order valence-electron chi connectivity index (χ1n) is 8.30. The van der Waals surface area contributed by atoms with E-state index in [4.69, 9.17) is 9.47 Å². The lowest BCUT2D eigenvalue weighted by Crippen LogP contribution is -2.37. The molecule has 0 radical (unpaired) electrons. The second-order valence-corrected chi connectivity index (χ2v) is 8.51. The van der Waals surface area contributed by atoms with Crippen LogP contribution in [0.2, 0.25) is 0 Å². The largest absolute Gasteiger partial charge is 0.465 e. The Morgan fingerprint density at radius 1 is 1.11 bits per heavy atom. The number of rotatable bonds is 8. The number of carbonyl (C=O) groups excluding carboxylic acids is 2. The monoisotopic (exact) mass is 411 g/mol. The highest BCUT2D eigenvalue weighted by atomic mass is 32.2. The van der Waals surface area contributed by atoms with Gasteiger partial charge >= 0.3 is 11.9 Å². The molecule has 0 amide bonds. The molecule has 27 heavy (non-hydrogen) atoms. The van der Waals surface area contributed by atoms with Crippen molar-refractivity contribution in [2.75, 3.05) is 24.1 Å². The first-order chi connectivity index (χ1) is 12.8. The summed E-state index contributed by atoms with van der Waals surface area (Å²) in [6, 6.07) is 7.66. The molecule has 0 N–H and O–H groups in total. The van der Waals surface area contributed by atoms with Gasteiger partial charge in [-0.1, -0.05) is 12.1 Å². The molecule has 7 nitrogen and oxygen atoms in total. The van der Waals surface area contributed by atoms with E-state index in [1.54, 1.807) is 44.4 Å². The number of aryl methyl sites for hydroxylation is 1. The Labute approximate surface area is 162 Å². The molecule has 0 fully saturated rings. The summed E-state index contributed by atoms with van der Waals surface area (Å²) in [5, 5.41) is 1.64. The van der Waals surface area contributed by atoms with E-state index in [0.717, 1.165) is 15.6 Å². The maximum Gasteiger partial charge on any atom is 0.338 e. The molecule has 9 heteroatoms. The minimum Gasteiger partial charge on any atom is -0.465 e. The molecule has 0 aliphatic heterocycles. The molecule has 146 valence electrons. The summed E-state index contributed by atoms with van der Waals surface area (Å²) in [5.74, 6) is -1.25. The highest BCUT2D eigenvalue weighted by Crippen LogP contribution is 2.30. The van der Waals surface area contributed by atoms with E-state index in [1.807, 2.05) is 0 Å². The fourth-order valence-corrected chi connectivity index (χ4v) is 4.93. The van der Waals surface area contributed by atoms with Crippen molar-refractivity contribution in [1.29, 1.82) is 0 Å². The zero-order valence-electron chi connectivity index (χ0n) is 15.3. The topological polar surface area (TPSA) is 90.0 Å². The first-order valence-corrected chi connectivity index (χ1v) is 10.6. The Morgan fingerprint density at radius 3 is 2.41 bits per heavy atom. The third kappa shape index (κ3) is 4.86. The predicted octanol–water partition coefficient (Wildman–Crippen LogP) is 2.99. The van der Waals surface area contributed by atoms with E-state index in [2.05, 4.69) is 0 Å². The molecule has 0 saturated carbocycles. The van der Waals surface area contributed by atoms with Crippen LogP contribution in [0.3, 0.4) is 0 Å². The number of carbonyl (C=O) groups is 2. The standard InChI is InChI=1S/C18H21NO6S2/c1-4-24-16(20)12-19(27(22,23)17-7-6-10-26-17)15-11-14(9-8-13(15)3)18(21)25-5-2/h6-11H,4-5,12H2,1-3H3. The molecule has 2 rings (SSSR count). The summed E-state index contributed by atoms with van der Waals surface area (Å²) in [6.07, 6.45) is 0. The molecular weight excluding hydrogens is 390 g/mol. The van der Waals surface area contributed by atoms with Crippen LogP contribution in [0.4, 0.5) is 5.69 Å². The number of esters is 2. The zero-order valence-corrected chi connectivity index (χ0v) is 16.9. The molecule has 0 aliphatic rings. The zero-order chi connectivity index (χ0) is 20.0. The van der Waals surface area contributed by atoms with Crippen LogP contribution >= 0.6 is 11.3 Å². The maximum atomic E-state index is 13.1. The lowest BCUT2D eigenvalue weighted by Gasteiger charge is -2.25. The van der Waals surface area contributed by atoms with Gasteiger partial charge in [-0.2, -0.15) is 0 Å². The van der Waals surface area contributed by atoms with Crippen LogP contribution in [0, 0.1) is 6.92 Å². The number of benzene rings is 1. The first kappa shape index (κ1) is 20.9. The summed E-state index contributed by atoms with van der Waals surface area (Å²) < 4.78 is 37.2. The molecule has 2 aromatic rings. The Kier molecular flexibility index (Phi) is 6.98. The molecule has 0 bridgehead atoms. The highest BCUT2D eigenvalue weighted by molar-refractivity contribution is 7.94. The van der Waals surface area contributed by atoms with Crippen molar-refractivity contribution in [3.05, 3.63) is 46.8 Å². The Bertz CT molecular complexity index is 906. The van der Waals surface area contributed by atoms with Crippen LogP contribution in [0.5, 0.6) is 0 Å². The number of anilines is 1. The van der Waals surface area contributed by atoms with Gasteiger partial charge in [-0.05, 0) is 49.9 Å².